The van der Waals surface area contributed by atoms with Crippen molar-refractivity contribution in [1.29, 1.82) is 0 Å². The predicted octanol–water partition coefficient (Wildman–Crippen LogP) is 1.87. The first-order valence-electron chi connectivity index (χ1n) is 6.13. The second-order valence-corrected chi connectivity index (χ2v) is 4.61. The Morgan fingerprint density at radius 3 is 2.62 bits per heavy atom. The topological polar surface area (TPSA) is 44.8 Å². The molecule has 2 unspecified atom stereocenters. The lowest BCUT2D eigenvalue weighted by molar-refractivity contribution is -0.165. The Morgan fingerprint density at radius 1 is 1.44 bits per heavy atom. The first-order chi connectivity index (χ1) is 7.69. The lowest BCUT2D eigenvalue weighted by atomic mass is 9.80. The zero-order chi connectivity index (χ0) is 11.6. The molecule has 16 heavy (non-hydrogen) atoms. The molecule has 1 aliphatic carbocycles. The molecule has 0 aromatic rings. The minimum absolute atomic E-state index is 0.102. The largest absolute Gasteiger partial charge is 0.465 e. The van der Waals surface area contributed by atoms with Crippen molar-refractivity contribution in [3.05, 3.63) is 0 Å². The van der Waals surface area contributed by atoms with Crippen LogP contribution < -0.4 is 0 Å². The van der Waals surface area contributed by atoms with Gasteiger partial charge in [-0.2, -0.15) is 0 Å². The molecule has 1 saturated carbocycles. The maximum absolute atomic E-state index is 12.1. The van der Waals surface area contributed by atoms with Gasteiger partial charge in [-0.05, 0) is 26.7 Å². The summed E-state index contributed by atoms with van der Waals surface area (Å²) in [5.41, 5.74) is -0.444. The summed E-state index contributed by atoms with van der Waals surface area (Å²) >= 11 is 0. The van der Waals surface area contributed by atoms with Crippen LogP contribution in [0.4, 0.5) is 0 Å². The Balaban J connectivity index is 2.12. The SMILES string of the molecule is CCOC(=O)C1(C2COC(C)O2)CCCC1. The minimum Gasteiger partial charge on any atom is -0.465 e. The van der Waals surface area contributed by atoms with E-state index in [2.05, 4.69) is 0 Å². The molecular formula is C12H20O4. The van der Waals surface area contributed by atoms with Crippen LogP contribution in [0.2, 0.25) is 0 Å². The highest BCUT2D eigenvalue weighted by molar-refractivity contribution is 5.78. The average molecular weight is 228 g/mol. The number of carbonyl (C=O) groups excluding carboxylic acids is 1. The summed E-state index contributed by atoms with van der Waals surface area (Å²) in [6, 6.07) is 0. The second kappa shape index (κ2) is 4.72. The van der Waals surface area contributed by atoms with E-state index >= 15 is 0 Å². The summed E-state index contributed by atoms with van der Waals surface area (Å²) in [4.78, 5) is 12.1. The highest BCUT2D eigenvalue weighted by Gasteiger charge is 2.52. The number of hydrogen-bond acceptors (Lipinski definition) is 4. The number of carbonyl (C=O) groups is 1. The fourth-order valence-electron chi connectivity index (χ4n) is 2.76. The summed E-state index contributed by atoms with van der Waals surface area (Å²) in [7, 11) is 0. The Bertz CT molecular complexity index is 258. The van der Waals surface area contributed by atoms with Crippen molar-refractivity contribution in [2.24, 2.45) is 5.41 Å². The van der Waals surface area contributed by atoms with Gasteiger partial charge in [-0.25, -0.2) is 0 Å². The average Bonchev–Trinajstić information content (AvgIpc) is 2.86. The molecule has 0 aromatic carbocycles. The quantitative estimate of drug-likeness (QED) is 0.692. The standard InChI is InChI=1S/C12H20O4/c1-3-14-11(13)12(6-4-5-7-12)10-8-15-9(2)16-10/h9-10H,3-8H2,1-2H3. The van der Waals surface area contributed by atoms with Gasteiger partial charge in [0.25, 0.3) is 0 Å². The van der Waals surface area contributed by atoms with Crippen molar-refractivity contribution >= 4 is 5.97 Å². The van der Waals surface area contributed by atoms with Gasteiger partial charge in [0, 0.05) is 0 Å². The van der Waals surface area contributed by atoms with Gasteiger partial charge in [0.15, 0.2) is 6.29 Å². The van der Waals surface area contributed by atoms with Crippen LogP contribution in [-0.4, -0.2) is 31.6 Å². The van der Waals surface area contributed by atoms with Gasteiger partial charge in [-0.1, -0.05) is 12.8 Å². The lowest BCUT2D eigenvalue weighted by Gasteiger charge is -2.31. The monoisotopic (exact) mass is 228 g/mol. The van der Waals surface area contributed by atoms with Crippen LogP contribution in [0.15, 0.2) is 0 Å². The first kappa shape index (κ1) is 11.9. The summed E-state index contributed by atoms with van der Waals surface area (Å²) in [5, 5.41) is 0. The maximum atomic E-state index is 12.1. The summed E-state index contributed by atoms with van der Waals surface area (Å²) in [6.07, 6.45) is 3.57. The van der Waals surface area contributed by atoms with Crippen LogP contribution in [0.25, 0.3) is 0 Å². The smallest absolute Gasteiger partial charge is 0.314 e. The molecule has 1 aliphatic heterocycles. The molecule has 2 rings (SSSR count). The van der Waals surface area contributed by atoms with Crippen LogP contribution in [0, 0.1) is 5.41 Å². The van der Waals surface area contributed by atoms with Gasteiger partial charge in [-0.15, -0.1) is 0 Å². The van der Waals surface area contributed by atoms with E-state index in [1.54, 1.807) is 0 Å². The van der Waals surface area contributed by atoms with Crippen molar-refractivity contribution in [3.8, 4) is 0 Å². The Labute approximate surface area is 96.2 Å². The fraction of sp³-hybridized carbons (Fsp3) is 0.917. The van der Waals surface area contributed by atoms with Crippen molar-refractivity contribution in [2.75, 3.05) is 13.2 Å². The highest BCUT2D eigenvalue weighted by atomic mass is 16.7. The molecule has 2 atom stereocenters. The van der Waals surface area contributed by atoms with Crippen LogP contribution in [0.3, 0.4) is 0 Å². The summed E-state index contributed by atoms with van der Waals surface area (Å²) in [6.45, 7) is 4.66. The van der Waals surface area contributed by atoms with E-state index in [1.807, 2.05) is 13.8 Å². The molecule has 4 heteroatoms. The van der Waals surface area contributed by atoms with Gasteiger partial charge in [0.2, 0.25) is 0 Å². The minimum atomic E-state index is -0.444. The van der Waals surface area contributed by atoms with E-state index in [4.69, 9.17) is 14.2 Å². The number of ether oxygens (including phenoxy) is 3. The van der Waals surface area contributed by atoms with E-state index in [9.17, 15) is 4.79 Å². The summed E-state index contributed by atoms with van der Waals surface area (Å²) in [5.74, 6) is -0.102. The molecule has 0 aromatic heterocycles. The Hall–Kier alpha value is -0.610. The van der Waals surface area contributed by atoms with Crippen molar-refractivity contribution in [2.45, 2.75) is 51.9 Å². The predicted molar refractivity (Wildman–Crippen MR) is 57.8 cm³/mol. The normalized spacial score (nSPS) is 32.9. The highest BCUT2D eigenvalue weighted by Crippen LogP contribution is 2.45. The third-order valence-corrected chi connectivity index (χ3v) is 3.63. The number of rotatable bonds is 3. The van der Waals surface area contributed by atoms with Gasteiger partial charge >= 0.3 is 5.97 Å². The molecule has 0 spiro atoms. The number of esters is 1. The molecule has 1 heterocycles. The van der Waals surface area contributed by atoms with Crippen molar-refractivity contribution < 1.29 is 19.0 Å². The van der Waals surface area contributed by atoms with Crippen molar-refractivity contribution in [1.82, 2.24) is 0 Å². The first-order valence-corrected chi connectivity index (χ1v) is 6.13. The molecule has 0 amide bonds. The number of hydrogen-bond donors (Lipinski definition) is 0. The van der Waals surface area contributed by atoms with E-state index < -0.39 is 5.41 Å². The molecule has 92 valence electrons. The Morgan fingerprint density at radius 2 is 2.12 bits per heavy atom. The fourth-order valence-corrected chi connectivity index (χ4v) is 2.76. The molecule has 2 aliphatic rings. The summed E-state index contributed by atoms with van der Waals surface area (Å²) < 4.78 is 16.3. The van der Waals surface area contributed by atoms with Crippen LogP contribution in [0.5, 0.6) is 0 Å². The maximum Gasteiger partial charge on any atom is 0.314 e. The van der Waals surface area contributed by atoms with Crippen LogP contribution >= 0.6 is 0 Å². The van der Waals surface area contributed by atoms with E-state index in [0.29, 0.717) is 13.2 Å². The van der Waals surface area contributed by atoms with Crippen LogP contribution in [-0.2, 0) is 19.0 Å². The molecule has 0 bridgehead atoms. The zero-order valence-electron chi connectivity index (χ0n) is 10.0. The second-order valence-electron chi connectivity index (χ2n) is 4.61. The molecule has 0 radical (unpaired) electrons. The van der Waals surface area contributed by atoms with Gasteiger partial charge in [-0.3, -0.25) is 4.79 Å². The van der Waals surface area contributed by atoms with E-state index in [1.165, 1.54) is 0 Å². The van der Waals surface area contributed by atoms with Crippen LogP contribution in [0.1, 0.15) is 39.5 Å². The van der Waals surface area contributed by atoms with Gasteiger partial charge in [0.1, 0.15) is 6.10 Å². The molecule has 2 fully saturated rings. The third-order valence-electron chi connectivity index (χ3n) is 3.63. The van der Waals surface area contributed by atoms with Gasteiger partial charge in [0.05, 0.1) is 18.6 Å². The van der Waals surface area contributed by atoms with E-state index in [-0.39, 0.29) is 18.4 Å². The zero-order valence-corrected chi connectivity index (χ0v) is 10.0. The molecule has 4 nitrogen and oxygen atoms in total. The molecule has 0 N–H and O–H groups in total. The lowest BCUT2D eigenvalue weighted by Crippen LogP contribution is -2.43. The van der Waals surface area contributed by atoms with E-state index in [0.717, 1.165) is 25.7 Å². The van der Waals surface area contributed by atoms with Gasteiger partial charge < -0.3 is 14.2 Å². The Kier molecular flexibility index (Phi) is 3.50. The molecular weight excluding hydrogens is 208 g/mol. The third kappa shape index (κ3) is 1.96. The van der Waals surface area contributed by atoms with Crippen molar-refractivity contribution in [3.63, 3.8) is 0 Å². The molecule has 1 saturated heterocycles.